The van der Waals surface area contributed by atoms with Crippen LogP contribution in [-0.2, 0) is 14.3 Å². The van der Waals surface area contributed by atoms with Crippen molar-refractivity contribution in [1.82, 2.24) is 4.90 Å². The van der Waals surface area contributed by atoms with E-state index in [4.69, 9.17) is 15.2 Å². The highest BCUT2D eigenvalue weighted by molar-refractivity contribution is 5.85. The van der Waals surface area contributed by atoms with Crippen molar-refractivity contribution >= 4 is 30.8 Å². The third-order valence-electron chi connectivity index (χ3n) is 7.39. The lowest BCUT2D eigenvalue weighted by Gasteiger charge is -2.51. The average Bonchev–Trinajstić information content (AvgIpc) is 2.70. The van der Waals surface area contributed by atoms with E-state index >= 15 is 0 Å². The fourth-order valence-corrected chi connectivity index (χ4v) is 5.63. The third-order valence-corrected chi connectivity index (χ3v) is 7.39. The van der Waals surface area contributed by atoms with Crippen LogP contribution < -0.4 is 5.73 Å². The number of fused-ring (bicyclic) bond motifs is 2. The molecule has 2 unspecified atom stereocenters. The first-order valence-electron chi connectivity index (χ1n) is 11.1. The summed E-state index contributed by atoms with van der Waals surface area (Å²) < 4.78 is 11.2. The Bertz CT molecular complexity index is 789. The van der Waals surface area contributed by atoms with Gasteiger partial charge in [-0.25, -0.2) is 0 Å². The Morgan fingerprint density at radius 3 is 2.47 bits per heavy atom. The van der Waals surface area contributed by atoms with Gasteiger partial charge in [-0.1, -0.05) is 27.7 Å². The molecule has 0 aromatic carbocycles. The largest absolute Gasteiger partial charge is 0.497 e. The first-order chi connectivity index (χ1) is 14.1. The van der Waals surface area contributed by atoms with E-state index in [1.165, 1.54) is 16.8 Å². The number of aliphatic carboxylic acids is 1. The number of carboxylic acid groups (broad SMARTS) is 1. The molecule has 3 aliphatic rings. The number of carbonyl (C=O) groups is 1. The lowest BCUT2D eigenvalue weighted by molar-refractivity contribution is -0.143. The van der Waals surface area contributed by atoms with Gasteiger partial charge < -0.3 is 25.2 Å². The number of methoxy groups -OCH3 is 2. The quantitative estimate of drug-likeness (QED) is 0.535. The van der Waals surface area contributed by atoms with Gasteiger partial charge in [0.05, 0.1) is 14.2 Å². The molecule has 184 valence electrons. The fraction of sp³-hybridized carbons (Fsp3) is 0.708. The van der Waals surface area contributed by atoms with Crippen LogP contribution in [0.25, 0.3) is 0 Å². The molecule has 32 heavy (non-hydrogen) atoms. The molecule has 3 rings (SSSR count). The van der Waals surface area contributed by atoms with Crippen LogP contribution in [0.2, 0.25) is 0 Å². The minimum atomic E-state index is -0.917. The molecule has 3 N–H and O–H groups in total. The summed E-state index contributed by atoms with van der Waals surface area (Å²) in [5.41, 5.74) is 9.70. The van der Waals surface area contributed by atoms with E-state index in [1.54, 1.807) is 14.2 Å². The molecule has 0 saturated carbocycles. The van der Waals surface area contributed by atoms with Crippen molar-refractivity contribution in [3.63, 3.8) is 0 Å². The van der Waals surface area contributed by atoms with Crippen molar-refractivity contribution in [3.8, 4) is 0 Å². The number of carboxylic acids is 1. The molecule has 0 bridgehead atoms. The van der Waals surface area contributed by atoms with Crippen molar-refractivity contribution in [2.75, 3.05) is 27.3 Å². The predicted octanol–water partition coefficient (Wildman–Crippen LogP) is 4.74. The Labute approximate surface area is 205 Å². The summed E-state index contributed by atoms with van der Waals surface area (Å²) in [6.45, 7) is 10.5. The smallest absolute Gasteiger partial charge is 0.321 e. The van der Waals surface area contributed by atoms with Gasteiger partial charge in [-0.05, 0) is 59.7 Å². The summed E-state index contributed by atoms with van der Waals surface area (Å²) in [6.07, 6.45) is 5.78. The second-order valence-electron chi connectivity index (χ2n) is 10.0. The number of ether oxygens (including phenoxy) is 2. The molecule has 3 atom stereocenters. The Balaban J connectivity index is 0.00000256. The topological polar surface area (TPSA) is 85.0 Å². The van der Waals surface area contributed by atoms with Gasteiger partial charge in [0.25, 0.3) is 0 Å². The van der Waals surface area contributed by atoms with E-state index in [9.17, 15) is 9.90 Å². The van der Waals surface area contributed by atoms with Crippen molar-refractivity contribution in [1.29, 1.82) is 0 Å². The molecule has 1 fully saturated rings. The molecule has 2 heterocycles. The second-order valence-corrected chi connectivity index (χ2v) is 10.0. The molecule has 1 aliphatic carbocycles. The summed E-state index contributed by atoms with van der Waals surface area (Å²) in [4.78, 5) is 14.3. The number of hydrogen-bond donors (Lipinski definition) is 2. The lowest BCUT2D eigenvalue weighted by Crippen LogP contribution is -2.54. The highest BCUT2D eigenvalue weighted by atomic mass is 35.5. The molecule has 1 saturated heterocycles. The SMILES string of the molecule is COC1=C(OC)CC2=C3CC(C(C)(C)[C@@H](N)C(=O)O)C(CC(C)C)CN3CCC2=C1.Cl.Cl. The zero-order valence-electron chi connectivity index (χ0n) is 20.1. The van der Waals surface area contributed by atoms with Gasteiger partial charge in [-0.2, -0.15) is 0 Å². The maximum Gasteiger partial charge on any atom is 0.321 e. The summed E-state index contributed by atoms with van der Waals surface area (Å²) in [5, 5.41) is 9.67. The molecule has 8 heteroatoms. The predicted molar refractivity (Wildman–Crippen MR) is 132 cm³/mol. The second kappa shape index (κ2) is 11.2. The number of piperidine rings is 1. The monoisotopic (exact) mass is 490 g/mol. The zero-order valence-corrected chi connectivity index (χ0v) is 21.8. The Morgan fingerprint density at radius 1 is 1.28 bits per heavy atom. The third kappa shape index (κ3) is 5.40. The van der Waals surface area contributed by atoms with E-state index in [0.717, 1.165) is 50.3 Å². The van der Waals surface area contributed by atoms with Gasteiger partial charge >= 0.3 is 5.97 Å². The standard InChI is InChI=1S/C24H38N2O4.2ClH/c1-14(2)9-16-13-26-8-7-15-10-20(29-5)21(30-6)11-17(15)19(26)12-18(16)24(3,4)22(25)23(27)28;;/h10,14,16,18,22H,7-9,11-13,25H2,1-6H3,(H,27,28);2*1H/t16?,18?,22-;;/m0../s1. The number of rotatable bonds is 7. The Morgan fingerprint density at radius 2 is 1.94 bits per heavy atom. The fourth-order valence-electron chi connectivity index (χ4n) is 5.63. The molecular formula is C24H40Cl2N2O4. The molecule has 0 radical (unpaired) electrons. The van der Waals surface area contributed by atoms with Crippen molar-refractivity contribution in [2.24, 2.45) is 28.9 Å². The number of hydrogen-bond acceptors (Lipinski definition) is 5. The Hall–Kier alpha value is -1.37. The highest BCUT2D eigenvalue weighted by Gasteiger charge is 2.47. The number of halogens is 2. The van der Waals surface area contributed by atoms with Gasteiger partial charge in [0.1, 0.15) is 11.8 Å². The van der Waals surface area contributed by atoms with Gasteiger partial charge in [-0.15, -0.1) is 24.8 Å². The van der Waals surface area contributed by atoms with Crippen LogP contribution >= 0.6 is 24.8 Å². The Kier molecular flexibility index (Phi) is 10.0. The summed E-state index contributed by atoms with van der Waals surface area (Å²) in [6, 6.07) is -0.881. The normalized spacial score (nSPS) is 24.0. The summed E-state index contributed by atoms with van der Waals surface area (Å²) in [7, 11) is 3.37. The molecule has 0 aromatic rings. The summed E-state index contributed by atoms with van der Waals surface area (Å²) in [5.74, 6) is 1.95. The van der Waals surface area contributed by atoms with Crippen LogP contribution in [0.4, 0.5) is 0 Å². The van der Waals surface area contributed by atoms with Crippen LogP contribution in [0.5, 0.6) is 0 Å². The van der Waals surface area contributed by atoms with Crippen molar-refractivity contribution < 1.29 is 19.4 Å². The summed E-state index contributed by atoms with van der Waals surface area (Å²) >= 11 is 0. The number of nitrogens with two attached hydrogens (primary N) is 1. The van der Waals surface area contributed by atoms with Gasteiger partial charge in [0.15, 0.2) is 5.76 Å². The maximum absolute atomic E-state index is 11.8. The number of allylic oxidation sites excluding steroid dienone is 3. The van der Waals surface area contributed by atoms with Crippen LogP contribution in [0, 0.1) is 23.2 Å². The van der Waals surface area contributed by atoms with Gasteiger partial charge in [0, 0.05) is 25.2 Å². The highest BCUT2D eigenvalue weighted by Crippen LogP contribution is 2.49. The molecule has 6 nitrogen and oxygen atoms in total. The molecule has 0 spiro atoms. The van der Waals surface area contributed by atoms with E-state index in [1.807, 2.05) is 13.8 Å². The first-order valence-corrected chi connectivity index (χ1v) is 11.1. The first kappa shape index (κ1) is 28.7. The van der Waals surface area contributed by atoms with Crippen LogP contribution in [-0.4, -0.2) is 49.3 Å². The van der Waals surface area contributed by atoms with Crippen molar-refractivity contribution in [2.45, 2.75) is 59.4 Å². The minimum Gasteiger partial charge on any atom is -0.497 e. The van der Waals surface area contributed by atoms with Crippen LogP contribution in [0.1, 0.15) is 53.4 Å². The average molecular weight is 492 g/mol. The molecule has 2 aliphatic heterocycles. The lowest BCUT2D eigenvalue weighted by atomic mass is 9.62. The van der Waals surface area contributed by atoms with E-state index in [0.29, 0.717) is 11.8 Å². The van der Waals surface area contributed by atoms with Crippen LogP contribution in [0.15, 0.2) is 34.4 Å². The van der Waals surface area contributed by atoms with Crippen molar-refractivity contribution in [3.05, 3.63) is 34.4 Å². The van der Waals surface area contributed by atoms with E-state index in [-0.39, 0.29) is 30.7 Å². The zero-order chi connectivity index (χ0) is 22.2. The van der Waals surface area contributed by atoms with E-state index < -0.39 is 17.4 Å². The molecule has 0 aromatic heterocycles. The minimum absolute atomic E-state index is 0. The van der Waals surface area contributed by atoms with Gasteiger partial charge in [0.2, 0.25) is 0 Å². The number of nitrogens with zero attached hydrogens (tertiary/aromatic N) is 1. The van der Waals surface area contributed by atoms with Crippen LogP contribution in [0.3, 0.4) is 0 Å². The maximum atomic E-state index is 11.8. The van der Waals surface area contributed by atoms with E-state index in [2.05, 4.69) is 24.8 Å². The molecule has 0 amide bonds. The van der Waals surface area contributed by atoms with Gasteiger partial charge in [-0.3, -0.25) is 4.79 Å². The molecular weight excluding hydrogens is 451 g/mol.